The van der Waals surface area contributed by atoms with Crippen molar-refractivity contribution in [3.05, 3.63) is 58.9 Å². The number of anilines is 2. The predicted molar refractivity (Wildman–Crippen MR) is 74.7 cm³/mol. The molecule has 0 unspecified atom stereocenters. The maximum atomic E-state index is 13.6. The number of hydrogen-bond acceptors (Lipinski definition) is 2. The molecule has 3 N–H and O–H groups in total. The number of nitrogens with two attached hydrogens (primary N) is 1. The molecule has 0 fully saturated rings. The van der Waals surface area contributed by atoms with Gasteiger partial charge < -0.3 is 11.1 Å². The number of amides is 1. The van der Waals surface area contributed by atoms with E-state index in [1.54, 1.807) is 31.2 Å². The number of halogens is 1. The molecule has 98 valence electrons. The Morgan fingerprint density at radius 1 is 1.21 bits per heavy atom. The molecule has 0 aliphatic rings. The standard InChI is InChI=1S/C15H15FN2O/c1-9-6-7-12(16)11(8-9)15(19)18-14-5-3-4-13(17)10(14)2/h3-8H,17H2,1-2H3,(H,18,19). The van der Waals surface area contributed by atoms with E-state index in [1.807, 2.05) is 6.92 Å². The van der Waals surface area contributed by atoms with Crippen LogP contribution in [0.5, 0.6) is 0 Å². The quantitative estimate of drug-likeness (QED) is 0.812. The van der Waals surface area contributed by atoms with Crippen molar-refractivity contribution in [1.29, 1.82) is 0 Å². The van der Waals surface area contributed by atoms with Crippen LogP contribution in [0.25, 0.3) is 0 Å². The van der Waals surface area contributed by atoms with E-state index in [1.165, 1.54) is 12.1 Å². The van der Waals surface area contributed by atoms with Crippen molar-refractivity contribution in [3.63, 3.8) is 0 Å². The Bertz CT molecular complexity index is 638. The summed E-state index contributed by atoms with van der Waals surface area (Å²) in [5.41, 5.74) is 8.56. The van der Waals surface area contributed by atoms with Crippen molar-refractivity contribution in [2.75, 3.05) is 11.1 Å². The predicted octanol–water partition coefficient (Wildman–Crippen LogP) is 3.28. The Hall–Kier alpha value is -2.36. The molecule has 0 aliphatic heterocycles. The molecule has 2 aromatic carbocycles. The number of carbonyl (C=O) groups excluding carboxylic acids is 1. The second kappa shape index (κ2) is 5.10. The van der Waals surface area contributed by atoms with E-state index < -0.39 is 11.7 Å². The first-order chi connectivity index (χ1) is 8.99. The summed E-state index contributed by atoms with van der Waals surface area (Å²) in [6.45, 7) is 3.61. The Kier molecular flexibility index (Phi) is 3.51. The van der Waals surface area contributed by atoms with Gasteiger partial charge in [0.05, 0.1) is 5.56 Å². The van der Waals surface area contributed by atoms with E-state index in [-0.39, 0.29) is 5.56 Å². The van der Waals surface area contributed by atoms with Gasteiger partial charge in [-0.3, -0.25) is 4.79 Å². The van der Waals surface area contributed by atoms with Gasteiger partial charge in [-0.1, -0.05) is 17.7 Å². The summed E-state index contributed by atoms with van der Waals surface area (Å²) in [4.78, 5) is 12.1. The smallest absolute Gasteiger partial charge is 0.258 e. The van der Waals surface area contributed by atoms with E-state index in [0.29, 0.717) is 11.4 Å². The molecule has 4 heteroatoms. The van der Waals surface area contributed by atoms with E-state index in [4.69, 9.17) is 5.73 Å². The lowest BCUT2D eigenvalue weighted by molar-refractivity contribution is 0.102. The molecule has 1 amide bonds. The molecular formula is C15H15FN2O. The van der Waals surface area contributed by atoms with E-state index in [9.17, 15) is 9.18 Å². The highest BCUT2D eigenvalue weighted by molar-refractivity contribution is 6.05. The molecule has 0 atom stereocenters. The zero-order valence-corrected chi connectivity index (χ0v) is 10.8. The van der Waals surface area contributed by atoms with Crippen molar-refractivity contribution in [3.8, 4) is 0 Å². The normalized spacial score (nSPS) is 10.3. The van der Waals surface area contributed by atoms with E-state index >= 15 is 0 Å². The summed E-state index contributed by atoms with van der Waals surface area (Å²) in [6, 6.07) is 9.65. The monoisotopic (exact) mass is 258 g/mol. The summed E-state index contributed by atoms with van der Waals surface area (Å²) in [5.74, 6) is -1.01. The van der Waals surface area contributed by atoms with Crippen LogP contribution >= 0.6 is 0 Å². The molecule has 2 rings (SSSR count). The Morgan fingerprint density at radius 3 is 2.68 bits per heavy atom. The summed E-state index contributed by atoms with van der Waals surface area (Å²) >= 11 is 0. The van der Waals surface area contributed by atoms with Gasteiger partial charge in [0.1, 0.15) is 5.82 Å². The minimum absolute atomic E-state index is 0.0295. The van der Waals surface area contributed by atoms with Crippen LogP contribution < -0.4 is 11.1 Å². The molecule has 2 aromatic rings. The van der Waals surface area contributed by atoms with Gasteiger partial charge in [-0.25, -0.2) is 4.39 Å². The minimum Gasteiger partial charge on any atom is -0.398 e. The highest BCUT2D eigenvalue weighted by Crippen LogP contribution is 2.21. The van der Waals surface area contributed by atoms with Crippen LogP contribution in [0.15, 0.2) is 36.4 Å². The molecule has 0 aliphatic carbocycles. The maximum Gasteiger partial charge on any atom is 0.258 e. The van der Waals surface area contributed by atoms with Gasteiger partial charge in [-0.05, 0) is 43.7 Å². The summed E-state index contributed by atoms with van der Waals surface area (Å²) in [5, 5.41) is 2.68. The van der Waals surface area contributed by atoms with Crippen LogP contribution in [-0.4, -0.2) is 5.91 Å². The molecule has 3 nitrogen and oxygen atoms in total. The van der Waals surface area contributed by atoms with Crippen molar-refractivity contribution in [2.24, 2.45) is 0 Å². The van der Waals surface area contributed by atoms with Gasteiger partial charge in [-0.2, -0.15) is 0 Å². The highest BCUT2D eigenvalue weighted by Gasteiger charge is 2.13. The molecule has 0 spiro atoms. The molecule has 0 heterocycles. The van der Waals surface area contributed by atoms with Crippen molar-refractivity contribution in [2.45, 2.75) is 13.8 Å². The third-order valence-electron chi connectivity index (χ3n) is 2.99. The lowest BCUT2D eigenvalue weighted by atomic mass is 10.1. The SMILES string of the molecule is Cc1ccc(F)c(C(=O)Nc2cccc(N)c2C)c1. The van der Waals surface area contributed by atoms with Gasteiger partial charge in [0.2, 0.25) is 0 Å². The van der Waals surface area contributed by atoms with Gasteiger partial charge in [0, 0.05) is 11.4 Å². The maximum absolute atomic E-state index is 13.6. The molecular weight excluding hydrogens is 243 g/mol. The number of rotatable bonds is 2. The molecule has 0 bridgehead atoms. The fraction of sp³-hybridized carbons (Fsp3) is 0.133. The first kappa shape index (κ1) is 13.1. The van der Waals surface area contributed by atoms with Crippen LogP contribution in [-0.2, 0) is 0 Å². The molecule has 0 radical (unpaired) electrons. The molecule has 0 saturated carbocycles. The van der Waals surface area contributed by atoms with Crippen LogP contribution in [0.4, 0.5) is 15.8 Å². The fourth-order valence-corrected chi connectivity index (χ4v) is 1.79. The number of aryl methyl sites for hydroxylation is 1. The number of benzene rings is 2. The minimum atomic E-state index is -0.537. The fourth-order valence-electron chi connectivity index (χ4n) is 1.79. The summed E-state index contributed by atoms with van der Waals surface area (Å²) in [7, 11) is 0. The zero-order valence-electron chi connectivity index (χ0n) is 10.8. The molecule has 19 heavy (non-hydrogen) atoms. The van der Waals surface area contributed by atoms with Crippen molar-refractivity contribution in [1.82, 2.24) is 0 Å². The molecule has 0 aromatic heterocycles. The first-order valence-electron chi connectivity index (χ1n) is 5.91. The highest BCUT2D eigenvalue weighted by atomic mass is 19.1. The van der Waals surface area contributed by atoms with Crippen LogP contribution in [0.1, 0.15) is 21.5 Å². The van der Waals surface area contributed by atoms with Gasteiger partial charge >= 0.3 is 0 Å². The summed E-state index contributed by atoms with van der Waals surface area (Å²) < 4.78 is 13.6. The van der Waals surface area contributed by atoms with Crippen LogP contribution in [0.3, 0.4) is 0 Å². The van der Waals surface area contributed by atoms with Gasteiger partial charge in [0.15, 0.2) is 0 Å². The van der Waals surface area contributed by atoms with Crippen molar-refractivity contribution >= 4 is 17.3 Å². The van der Waals surface area contributed by atoms with Crippen LogP contribution in [0.2, 0.25) is 0 Å². The van der Waals surface area contributed by atoms with E-state index in [0.717, 1.165) is 11.1 Å². The number of nitrogen functional groups attached to an aromatic ring is 1. The summed E-state index contributed by atoms with van der Waals surface area (Å²) in [6.07, 6.45) is 0. The average Bonchev–Trinajstić information content (AvgIpc) is 2.38. The van der Waals surface area contributed by atoms with Gasteiger partial charge in [0.25, 0.3) is 5.91 Å². The van der Waals surface area contributed by atoms with Crippen LogP contribution in [0, 0.1) is 19.7 Å². The average molecular weight is 258 g/mol. The number of nitrogens with one attached hydrogen (secondary N) is 1. The number of hydrogen-bond donors (Lipinski definition) is 2. The Morgan fingerprint density at radius 2 is 1.95 bits per heavy atom. The topological polar surface area (TPSA) is 55.1 Å². The largest absolute Gasteiger partial charge is 0.398 e. The number of carbonyl (C=O) groups is 1. The van der Waals surface area contributed by atoms with Gasteiger partial charge in [-0.15, -0.1) is 0 Å². The first-order valence-corrected chi connectivity index (χ1v) is 5.91. The zero-order chi connectivity index (χ0) is 14.0. The lowest BCUT2D eigenvalue weighted by Gasteiger charge is -2.11. The Balaban J connectivity index is 2.31. The third kappa shape index (κ3) is 2.73. The Labute approximate surface area is 111 Å². The lowest BCUT2D eigenvalue weighted by Crippen LogP contribution is -2.15. The van der Waals surface area contributed by atoms with E-state index in [2.05, 4.69) is 5.32 Å². The third-order valence-corrected chi connectivity index (χ3v) is 2.99. The second-order valence-electron chi connectivity index (χ2n) is 4.46. The van der Waals surface area contributed by atoms with Crippen molar-refractivity contribution < 1.29 is 9.18 Å². The molecule has 0 saturated heterocycles. The second-order valence-corrected chi connectivity index (χ2v) is 4.46.